The molecule has 0 radical (unpaired) electrons. The van der Waals surface area contributed by atoms with Crippen LogP contribution in [0.25, 0.3) is 0 Å². The highest BCUT2D eigenvalue weighted by Gasteiger charge is 2.36. The lowest BCUT2D eigenvalue weighted by Gasteiger charge is -2.20. The van der Waals surface area contributed by atoms with Gasteiger partial charge in [0.05, 0.1) is 25.8 Å². The molecule has 0 spiro atoms. The van der Waals surface area contributed by atoms with Crippen molar-refractivity contribution in [2.75, 3.05) is 25.7 Å². The van der Waals surface area contributed by atoms with E-state index in [-0.39, 0.29) is 18.2 Å². The summed E-state index contributed by atoms with van der Waals surface area (Å²) in [5, 5.41) is 3.50. The number of carbonyl (C=O) groups excluding carboxylic acids is 2. The molecule has 7 heteroatoms. The van der Waals surface area contributed by atoms with E-state index >= 15 is 0 Å². The van der Waals surface area contributed by atoms with E-state index in [1.54, 1.807) is 49.5 Å². The van der Waals surface area contributed by atoms with E-state index in [1.165, 1.54) is 0 Å². The van der Waals surface area contributed by atoms with E-state index in [4.69, 9.17) is 21.1 Å². The molecule has 1 heterocycles. The van der Waals surface area contributed by atoms with Crippen molar-refractivity contribution in [3.05, 3.63) is 53.1 Å². The van der Waals surface area contributed by atoms with E-state index in [0.717, 1.165) is 5.56 Å². The number of benzene rings is 2. The first-order valence-electron chi connectivity index (χ1n) is 8.56. The monoisotopic (exact) mass is 388 g/mol. The van der Waals surface area contributed by atoms with E-state index in [0.29, 0.717) is 35.3 Å². The van der Waals surface area contributed by atoms with Crippen LogP contribution in [0.1, 0.15) is 12.0 Å². The van der Waals surface area contributed by atoms with Crippen LogP contribution < -0.4 is 19.7 Å². The van der Waals surface area contributed by atoms with Crippen LogP contribution in [0.5, 0.6) is 11.5 Å². The lowest BCUT2D eigenvalue weighted by Crippen LogP contribution is -2.32. The quantitative estimate of drug-likeness (QED) is 0.826. The summed E-state index contributed by atoms with van der Waals surface area (Å²) in [4.78, 5) is 26.6. The van der Waals surface area contributed by atoms with Crippen molar-refractivity contribution in [3.63, 3.8) is 0 Å². The Kier molecular flexibility index (Phi) is 5.86. The molecule has 0 aliphatic carbocycles. The number of nitrogens with zero attached hydrogens (tertiary/aromatic N) is 1. The summed E-state index contributed by atoms with van der Waals surface area (Å²) in [5.41, 5.74) is 1.51. The topological polar surface area (TPSA) is 67.9 Å². The number of ether oxygens (including phenoxy) is 2. The van der Waals surface area contributed by atoms with Crippen molar-refractivity contribution in [1.29, 1.82) is 0 Å². The Morgan fingerprint density at radius 1 is 1.22 bits per heavy atom. The molecule has 2 amide bonds. The van der Waals surface area contributed by atoms with Gasteiger partial charge in [0.15, 0.2) is 0 Å². The number of rotatable bonds is 6. The van der Waals surface area contributed by atoms with E-state index in [2.05, 4.69) is 5.32 Å². The van der Waals surface area contributed by atoms with Crippen molar-refractivity contribution in [2.45, 2.75) is 13.0 Å². The molecule has 0 aromatic heterocycles. The SMILES string of the molecule is COc1ccc(OC)c(N2CC(C(=O)NCc3cccc(Cl)c3)CC2=O)c1. The summed E-state index contributed by atoms with van der Waals surface area (Å²) < 4.78 is 10.6. The van der Waals surface area contributed by atoms with Gasteiger partial charge in [0.25, 0.3) is 0 Å². The highest BCUT2D eigenvalue weighted by Crippen LogP contribution is 2.36. The third-order valence-corrected chi connectivity index (χ3v) is 4.76. The predicted octanol–water partition coefficient (Wildman–Crippen LogP) is 3.03. The Hall–Kier alpha value is -2.73. The fraction of sp³-hybridized carbons (Fsp3) is 0.300. The number of hydrogen-bond acceptors (Lipinski definition) is 4. The summed E-state index contributed by atoms with van der Waals surface area (Å²) in [6, 6.07) is 12.5. The van der Waals surface area contributed by atoms with Gasteiger partial charge in [-0.2, -0.15) is 0 Å². The number of anilines is 1. The molecule has 0 saturated carbocycles. The maximum atomic E-state index is 12.5. The number of carbonyl (C=O) groups is 2. The predicted molar refractivity (Wildman–Crippen MR) is 103 cm³/mol. The van der Waals surface area contributed by atoms with Gasteiger partial charge in [-0.05, 0) is 29.8 Å². The number of amides is 2. The van der Waals surface area contributed by atoms with Gasteiger partial charge in [-0.1, -0.05) is 23.7 Å². The van der Waals surface area contributed by atoms with Crippen LogP contribution in [0.4, 0.5) is 5.69 Å². The molecule has 1 aliphatic rings. The summed E-state index contributed by atoms with van der Waals surface area (Å²) in [6.07, 6.45) is 0.155. The molecule has 3 rings (SSSR count). The highest BCUT2D eigenvalue weighted by molar-refractivity contribution is 6.30. The van der Waals surface area contributed by atoms with Crippen molar-refractivity contribution in [1.82, 2.24) is 5.32 Å². The van der Waals surface area contributed by atoms with Crippen molar-refractivity contribution in [2.24, 2.45) is 5.92 Å². The van der Waals surface area contributed by atoms with Gasteiger partial charge < -0.3 is 19.7 Å². The lowest BCUT2D eigenvalue weighted by atomic mass is 10.1. The molecule has 0 bridgehead atoms. The van der Waals surface area contributed by atoms with Crippen LogP contribution in [0.15, 0.2) is 42.5 Å². The normalized spacial score (nSPS) is 16.3. The zero-order valence-electron chi connectivity index (χ0n) is 15.2. The molecule has 27 heavy (non-hydrogen) atoms. The maximum Gasteiger partial charge on any atom is 0.227 e. The Morgan fingerprint density at radius 2 is 2.04 bits per heavy atom. The summed E-state index contributed by atoms with van der Waals surface area (Å²) in [6.45, 7) is 0.663. The highest BCUT2D eigenvalue weighted by atomic mass is 35.5. The summed E-state index contributed by atoms with van der Waals surface area (Å²) >= 11 is 5.96. The van der Waals surface area contributed by atoms with Crippen molar-refractivity contribution in [3.8, 4) is 11.5 Å². The van der Waals surface area contributed by atoms with Gasteiger partial charge in [0, 0.05) is 30.6 Å². The number of hydrogen-bond donors (Lipinski definition) is 1. The summed E-state index contributed by atoms with van der Waals surface area (Å²) in [7, 11) is 3.10. The van der Waals surface area contributed by atoms with Gasteiger partial charge in [-0.3, -0.25) is 9.59 Å². The second kappa shape index (κ2) is 8.31. The molecule has 1 atom stereocenters. The molecular weight excluding hydrogens is 368 g/mol. The second-order valence-corrected chi connectivity index (χ2v) is 6.73. The van der Waals surface area contributed by atoms with E-state index in [9.17, 15) is 9.59 Å². The Bertz CT molecular complexity index is 856. The fourth-order valence-electron chi connectivity index (χ4n) is 3.10. The molecule has 1 saturated heterocycles. The standard InChI is InChI=1S/C20H21ClN2O4/c1-26-16-6-7-18(27-2)17(10-16)23-12-14(9-19(23)24)20(25)22-11-13-4-3-5-15(21)8-13/h3-8,10,14H,9,11-12H2,1-2H3,(H,22,25). The number of halogens is 1. The lowest BCUT2D eigenvalue weighted by molar-refractivity contribution is -0.126. The summed E-state index contributed by atoms with van der Waals surface area (Å²) in [5.74, 6) is 0.473. The first-order chi connectivity index (χ1) is 13.0. The maximum absolute atomic E-state index is 12.5. The minimum atomic E-state index is -0.424. The Morgan fingerprint density at radius 3 is 2.74 bits per heavy atom. The van der Waals surface area contributed by atoms with Gasteiger partial charge in [-0.25, -0.2) is 0 Å². The third kappa shape index (κ3) is 4.34. The van der Waals surface area contributed by atoms with E-state index in [1.807, 2.05) is 12.1 Å². The average Bonchev–Trinajstić information content (AvgIpc) is 3.07. The molecule has 6 nitrogen and oxygen atoms in total. The molecule has 2 aromatic rings. The molecule has 1 aliphatic heterocycles. The van der Waals surface area contributed by atoms with Crippen LogP contribution >= 0.6 is 11.6 Å². The average molecular weight is 389 g/mol. The molecule has 1 unspecified atom stereocenters. The molecule has 1 N–H and O–H groups in total. The number of methoxy groups -OCH3 is 2. The smallest absolute Gasteiger partial charge is 0.227 e. The third-order valence-electron chi connectivity index (χ3n) is 4.53. The second-order valence-electron chi connectivity index (χ2n) is 6.29. The zero-order chi connectivity index (χ0) is 19.4. The van der Waals surface area contributed by atoms with Gasteiger partial charge >= 0.3 is 0 Å². The largest absolute Gasteiger partial charge is 0.497 e. The molecule has 1 fully saturated rings. The van der Waals surface area contributed by atoms with Gasteiger partial charge in [0.2, 0.25) is 11.8 Å². The Balaban J connectivity index is 1.69. The van der Waals surface area contributed by atoms with Crippen LogP contribution in [-0.4, -0.2) is 32.6 Å². The molecular formula is C20H21ClN2O4. The van der Waals surface area contributed by atoms with Crippen molar-refractivity contribution >= 4 is 29.1 Å². The first-order valence-corrected chi connectivity index (χ1v) is 8.94. The molecule has 142 valence electrons. The van der Waals surface area contributed by atoms with Gasteiger partial charge in [-0.15, -0.1) is 0 Å². The molecule has 2 aromatic carbocycles. The van der Waals surface area contributed by atoms with Crippen molar-refractivity contribution < 1.29 is 19.1 Å². The minimum Gasteiger partial charge on any atom is -0.497 e. The van der Waals surface area contributed by atoms with Crippen LogP contribution in [0.3, 0.4) is 0 Å². The fourth-order valence-corrected chi connectivity index (χ4v) is 3.32. The van der Waals surface area contributed by atoms with Crippen LogP contribution in [-0.2, 0) is 16.1 Å². The van der Waals surface area contributed by atoms with Crippen LogP contribution in [0, 0.1) is 5.92 Å². The zero-order valence-corrected chi connectivity index (χ0v) is 16.0. The first kappa shape index (κ1) is 19.0. The minimum absolute atomic E-state index is 0.121. The van der Waals surface area contributed by atoms with E-state index < -0.39 is 5.92 Å². The van der Waals surface area contributed by atoms with Gasteiger partial charge in [0.1, 0.15) is 11.5 Å². The Labute approximate surface area is 163 Å². The number of nitrogens with one attached hydrogen (secondary N) is 1. The van der Waals surface area contributed by atoms with Crippen LogP contribution in [0.2, 0.25) is 5.02 Å².